The maximum absolute atomic E-state index is 13.0. The molecule has 0 aromatic carbocycles. The zero-order chi connectivity index (χ0) is 9.50. The average molecular weight is 184 g/mol. The third kappa shape index (κ3) is 2.08. The van der Waals surface area contributed by atoms with E-state index in [1.165, 1.54) is 0 Å². The minimum Gasteiger partial charge on any atom is -0.196 e. The van der Waals surface area contributed by atoms with Gasteiger partial charge in [-0.1, -0.05) is 20.8 Å². The van der Waals surface area contributed by atoms with Crippen LogP contribution in [0.2, 0.25) is 0 Å². The number of halogens is 2. The Labute approximate surface area is 69.7 Å². The number of rotatable bonds is 1. The van der Waals surface area contributed by atoms with Gasteiger partial charge in [-0.2, -0.15) is 18.8 Å². The van der Waals surface area contributed by atoms with E-state index in [0.717, 1.165) is 6.92 Å². The molecule has 70 valence electrons. The fourth-order valence-corrected chi connectivity index (χ4v) is 1.61. The molecule has 0 aliphatic heterocycles. The quantitative estimate of drug-likeness (QED) is 0.585. The van der Waals surface area contributed by atoms with Gasteiger partial charge in [0, 0.05) is 6.92 Å². The summed E-state index contributed by atoms with van der Waals surface area (Å²) in [6, 6.07) is 0. The molecule has 0 aliphatic carbocycles. The Balaban J connectivity index is 4.75. The Morgan fingerprint density at radius 3 is 1.18 bits per heavy atom. The summed E-state index contributed by atoms with van der Waals surface area (Å²) in [4.78, 5) is 0. The van der Waals surface area contributed by atoms with Crippen molar-refractivity contribution in [1.82, 2.24) is 0 Å². The van der Waals surface area contributed by atoms with Crippen LogP contribution in [0.5, 0.6) is 0 Å². The van der Waals surface area contributed by atoms with Crippen LogP contribution < -0.4 is 0 Å². The summed E-state index contributed by atoms with van der Waals surface area (Å²) in [5.41, 5.74) is 0. The van der Waals surface area contributed by atoms with Gasteiger partial charge in [-0.3, -0.25) is 0 Å². The molecule has 11 heavy (non-hydrogen) atoms. The summed E-state index contributed by atoms with van der Waals surface area (Å²) in [6.45, 7) is 6.65. The molecule has 0 saturated carbocycles. The third-order valence-electron chi connectivity index (χ3n) is 2.43. The van der Waals surface area contributed by atoms with Crippen LogP contribution >= 0.6 is 10.0 Å². The lowest BCUT2D eigenvalue weighted by Crippen LogP contribution is -2.34. The van der Waals surface area contributed by atoms with Crippen molar-refractivity contribution in [2.24, 2.45) is 0 Å². The minimum absolute atomic E-state index is 0.286. The van der Waals surface area contributed by atoms with Gasteiger partial charge in [0.25, 0.3) is 5.25 Å². The zero-order valence-corrected chi connectivity index (χ0v) is 8.98. The second kappa shape index (κ2) is 2.61. The van der Waals surface area contributed by atoms with Crippen molar-refractivity contribution in [2.75, 3.05) is 12.5 Å². The summed E-state index contributed by atoms with van der Waals surface area (Å²) in [5, 5.41) is -2.54. The third-order valence-corrected chi connectivity index (χ3v) is 7.28. The highest BCUT2D eigenvalue weighted by molar-refractivity contribution is 8.34. The Hall–Kier alpha value is 0.210. The molecule has 0 nitrogen and oxygen atoms in total. The highest BCUT2D eigenvalue weighted by atomic mass is 32.3. The highest BCUT2D eigenvalue weighted by Crippen LogP contribution is 2.63. The van der Waals surface area contributed by atoms with Crippen molar-refractivity contribution in [3.63, 3.8) is 0 Å². The topological polar surface area (TPSA) is 0 Å². The molecule has 0 amide bonds. The Kier molecular flexibility index (Phi) is 2.66. The van der Waals surface area contributed by atoms with E-state index in [2.05, 4.69) is 0 Å². The molecular formula is C8H18F2S. The van der Waals surface area contributed by atoms with Crippen LogP contribution in [0.15, 0.2) is 0 Å². The lowest BCUT2D eigenvalue weighted by Gasteiger charge is -2.48. The van der Waals surface area contributed by atoms with E-state index in [1.54, 1.807) is 12.5 Å². The van der Waals surface area contributed by atoms with Crippen molar-refractivity contribution in [1.29, 1.82) is 0 Å². The van der Waals surface area contributed by atoms with E-state index in [9.17, 15) is 8.78 Å². The van der Waals surface area contributed by atoms with Crippen molar-refractivity contribution < 1.29 is 8.78 Å². The van der Waals surface area contributed by atoms with Crippen LogP contribution in [0.4, 0.5) is 8.78 Å². The van der Waals surface area contributed by atoms with Gasteiger partial charge >= 0.3 is 0 Å². The molecule has 0 N–H and O–H groups in total. The van der Waals surface area contributed by atoms with Crippen molar-refractivity contribution in [3.05, 3.63) is 0 Å². The maximum Gasteiger partial charge on any atom is 0.276 e. The predicted octanol–water partition coefficient (Wildman–Crippen LogP) is 3.46. The summed E-state index contributed by atoms with van der Waals surface area (Å²) in [5.74, 6) is 0. The van der Waals surface area contributed by atoms with Crippen LogP contribution in [0.3, 0.4) is 0 Å². The first kappa shape index (κ1) is 11.2. The molecule has 3 heteroatoms. The monoisotopic (exact) mass is 184 g/mol. The second-order valence-corrected chi connectivity index (χ2v) is 8.84. The second-order valence-electron chi connectivity index (χ2n) is 4.25. The van der Waals surface area contributed by atoms with Gasteiger partial charge in [-0.15, -0.1) is 0 Å². The van der Waals surface area contributed by atoms with Crippen molar-refractivity contribution in [3.8, 4) is 0 Å². The van der Waals surface area contributed by atoms with Crippen LogP contribution in [0.25, 0.3) is 0 Å². The summed E-state index contributed by atoms with van der Waals surface area (Å²) in [6.07, 6.45) is 3.38. The lowest BCUT2D eigenvalue weighted by atomic mass is 10.3. The van der Waals surface area contributed by atoms with Crippen molar-refractivity contribution >= 4 is 10.0 Å². The van der Waals surface area contributed by atoms with Gasteiger partial charge in [-0.05, 0) is 17.3 Å². The van der Waals surface area contributed by atoms with E-state index >= 15 is 0 Å². The number of hydrogen-bond donors (Lipinski definition) is 0. The van der Waals surface area contributed by atoms with Gasteiger partial charge in [0.05, 0.1) is 0 Å². The standard InChI is InChI=1S/C8H18F2S/c1-7(2,3)11(5,6)8(4,9)10/h1-6H3. The summed E-state index contributed by atoms with van der Waals surface area (Å²) < 4.78 is 25.8. The van der Waals surface area contributed by atoms with Crippen LogP contribution in [-0.2, 0) is 0 Å². The zero-order valence-electron chi connectivity index (χ0n) is 8.16. The fourth-order valence-electron chi connectivity index (χ4n) is 0.538. The first-order valence-corrected chi connectivity index (χ1v) is 6.05. The number of alkyl halides is 2. The highest BCUT2D eigenvalue weighted by Gasteiger charge is 2.45. The molecule has 0 aliphatic rings. The van der Waals surface area contributed by atoms with Gasteiger partial charge in [-0.25, -0.2) is 0 Å². The Morgan fingerprint density at radius 1 is 0.909 bits per heavy atom. The first-order chi connectivity index (χ1) is 4.50. The van der Waals surface area contributed by atoms with Gasteiger partial charge in [0.2, 0.25) is 0 Å². The molecule has 0 aromatic heterocycles. The van der Waals surface area contributed by atoms with E-state index in [0.29, 0.717) is 0 Å². The van der Waals surface area contributed by atoms with E-state index in [-0.39, 0.29) is 4.75 Å². The van der Waals surface area contributed by atoms with E-state index < -0.39 is 15.3 Å². The van der Waals surface area contributed by atoms with Crippen molar-refractivity contribution in [2.45, 2.75) is 37.7 Å². The van der Waals surface area contributed by atoms with Crippen LogP contribution in [0, 0.1) is 0 Å². The summed E-state index contributed by atoms with van der Waals surface area (Å²) in [7, 11) is -1.85. The fraction of sp³-hybridized carbons (Fsp3) is 1.00. The van der Waals surface area contributed by atoms with Gasteiger partial charge in [0.15, 0.2) is 0 Å². The SMILES string of the molecule is CC(C)(C)S(C)(C)C(C)(F)F. The molecule has 0 saturated heterocycles. The summed E-state index contributed by atoms with van der Waals surface area (Å²) >= 11 is 0. The molecule has 0 aromatic rings. The maximum atomic E-state index is 13.0. The molecule has 0 rings (SSSR count). The Bertz CT molecular complexity index is 123. The van der Waals surface area contributed by atoms with Crippen LogP contribution in [0.1, 0.15) is 27.7 Å². The molecular weight excluding hydrogens is 166 g/mol. The molecule has 0 bridgehead atoms. The Morgan fingerprint density at radius 2 is 1.18 bits per heavy atom. The van der Waals surface area contributed by atoms with Gasteiger partial charge < -0.3 is 0 Å². The lowest BCUT2D eigenvalue weighted by molar-refractivity contribution is 0.121. The number of hydrogen-bond acceptors (Lipinski definition) is 0. The largest absolute Gasteiger partial charge is 0.276 e. The van der Waals surface area contributed by atoms with Crippen LogP contribution in [-0.4, -0.2) is 22.5 Å². The molecule has 0 radical (unpaired) electrons. The smallest absolute Gasteiger partial charge is 0.196 e. The molecule has 0 heterocycles. The predicted molar refractivity (Wildman–Crippen MR) is 49.8 cm³/mol. The minimum atomic E-state index is -2.54. The average Bonchev–Trinajstić information content (AvgIpc) is 1.58. The molecule has 0 fully saturated rings. The molecule has 0 spiro atoms. The van der Waals surface area contributed by atoms with Gasteiger partial charge in [0.1, 0.15) is 0 Å². The normalized spacial score (nSPS) is 16.7. The van der Waals surface area contributed by atoms with E-state index in [1.807, 2.05) is 20.8 Å². The molecule has 0 atom stereocenters. The van der Waals surface area contributed by atoms with E-state index in [4.69, 9.17) is 0 Å². The molecule has 0 unspecified atom stereocenters. The first-order valence-electron chi connectivity index (χ1n) is 3.60.